The maximum atomic E-state index is 12.2. The van der Waals surface area contributed by atoms with E-state index in [1.165, 1.54) is 19.4 Å². The summed E-state index contributed by atoms with van der Waals surface area (Å²) in [6.07, 6.45) is 1.52. The second kappa shape index (κ2) is 10.6. The highest BCUT2D eigenvalue weighted by molar-refractivity contribution is 7.86. The molecule has 4 aromatic rings. The number of anilines is 1. The molecule has 3 N–H and O–H groups in total. The van der Waals surface area contributed by atoms with Gasteiger partial charge in [0, 0.05) is 22.9 Å². The summed E-state index contributed by atoms with van der Waals surface area (Å²) in [5.41, 5.74) is 8.22. The Kier molecular flexibility index (Phi) is 7.37. The van der Waals surface area contributed by atoms with Gasteiger partial charge in [-0.15, -0.1) is 10.2 Å². The fourth-order valence-corrected chi connectivity index (χ4v) is 4.32. The first kappa shape index (κ1) is 25.6. The van der Waals surface area contributed by atoms with Crippen LogP contribution in [0, 0.1) is 0 Å². The monoisotopic (exact) mass is 518 g/mol. The summed E-state index contributed by atoms with van der Waals surface area (Å²) >= 11 is 0. The zero-order valence-electron chi connectivity index (χ0n) is 19.7. The standard InChI is InChI=1S/C26H22N4O6S/c1-36-24(32)13-12-22(31)17-8-6-16(7-9-17)21-11-10-19(15-28-21)29-30-26-23(37(33,34)35)14-18-4-2-3-5-20(18)25(26)27/h2-11,14-15H,12-13,27H2,1H3,(H,33,34,35). The van der Waals surface area contributed by atoms with Gasteiger partial charge in [-0.05, 0) is 23.6 Å². The molecule has 0 atom stereocenters. The van der Waals surface area contributed by atoms with Crippen LogP contribution in [0.3, 0.4) is 0 Å². The molecule has 4 rings (SSSR count). The molecular formula is C26H22N4O6S. The summed E-state index contributed by atoms with van der Waals surface area (Å²) in [5, 5.41) is 9.18. The number of benzene rings is 3. The molecule has 0 aliphatic carbocycles. The van der Waals surface area contributed by atoms with Crippen LogP contribution in [-0.4, -0.2) is 36.8 Å². The van der Waals surface area contributed by atoms with Gasteiger partial charge in [0.2, 0.25) is 0 Å². The van der Waals surface area contributed by atoms with E-state index in [1.54, 1.807) is 60.7 Å². The topological polar surface area (TPSA) is 161 Å². The predicted octanol–water partition coefficient (Wildman–Crippen LogP) is 5.28. The average molecular weight is 519 g/mol. The number of Topliss-reactive ketones (excluding diaryl/α,β-unsaturated/α-hetero) is 1. The average Bonchev–Trinajstić information content (AvgIpc) is 2.90. The van der Waals surface area contributed by atoms with Gasteiger partial charge in [-0.1, -0.05) is 48.5 Å². The first-order chi connectivity index (χ1) is 17.7. The van der Waals surface area contributed by atoms with Crippen LogP contribution in [-0.2, 0) is 19.6 Å². The Balaban J connectivity index is 1.55. The van der Waals surface area contributed by atoms with E-state index in [0.717, 1.165) is 5.56 Å². The van der Waals surface area contributed by atoms with E-state index in [-0.39, 0.29) is 30.0 Å². The first-order valence-electron chi connectivity index (χ1n) is 11.0. The lowest BCUT2D eigenvalue weighted by molar-refractivity contribution is -0.140. The molecule has 10 nitrogen and oxygen atoms in total. The number of fused-ring (bicyclic) bond motifs is 1. The van der Waals surface area contributed by atoms with Crippen molar-refractivity contribution in [3.8, 4) is 11.3 Å². The second-order valence-electron chi connectivity index (χ2n) is 8.01. The van der Waals surface area contributed by atoms with Gasteiger partial charge >= 0.3 is 5.97 Å². The van der Waals surface area contributed by atoms with Gasteiger partial charge in [0.1, 0.15) is 16.3 Å². The maximum absolute atomic E-state index is 12.2. The molecule has 188 valence electrons. The molecule has 0 saturated carbocycles. The van der Waals surface area contributed by atoms with Crippen molar-refractivity contribution in [2.75, 3.05) is 12.8 Å². The summed E-state index contributed by atoms with van der Waals surface area (Å²) in [6.45, 7) is 0. The zero-order valence-corrected chi connectivity index (χ0v) is 20.5. The van der Waals surface area contributed by atoms with Gasteiger partial charge in [0.05, 0.1) is 31.1 Å². The molecule has 0 fully saturated rings. The molecule has 11 heteroatoms. The summed E-state index contributed by atoms with van der Waals surface area (Å²) in [4.78, 5) is 27.4. The van der Waals surface area contributed by atoms with Crippen LogP contribution in [0.15, 0.2) is 88.1 Å². The van der Waals surface area contributed by atoms with Crippen molar-refractivity contribution in [3.63, 3.8) is 0 Å². The van der Waals surface area contributed by atoms with E-state index in [9.17, 15) is 22.6 Å². The van der Waals surface area contributed by atoms with Crippen LogP contribution >= 0.6 is 0 Å². The normalized spacial score (nSPS) is 11.6. The molecule has 0 bridgehead atoms. The number of ether oxygens (including phenoxy) is 1. The summed E-state index contributed by atoms with van der Waals surface area (Å²) < 4.78 is 38.2. The van der Waals surface area contributed by atoms with E-state index in [4.69, 9.17) is 5.73 Å². The number of nitrogens with two attached hydrogens (primary N) is 1. The van der Waals surface area contributed by atoms with Crippen LogP contribution in [0.5, 0.6) is 0 Å². The second-order valence-corrected chi connectivity index (χ2v) is 9.40. The molecule has 3 aromatic carbocycles. The van der Waals surface area contributed by atoms with Crippen LogP contribution in [0.4, 0.5) is 17.1 Å². The van der Waals surface area contributed by atoms with Gasteiger partial charge in [-0.25, -0.2) is 0 Å². The Hall–Kier alpha value is -4.48. The molecule has 0 unspecified atom stereocenters. The number of hydrogen-bond donors (Lipinski definition) is 2. The van der Waals surface area contributed by atoms with E-state index in [2.05, 4.69) is 19.9 Å². The Morgan fingerprint density at radius 1 is 1.00 bits per heavy atom. The number of hydrogen-bond acceptors (Lipinski definition) is 9. The van der Waals surface area contributed by atoms with Crippen molar-refractivity contribution >= 4 is 49.7 Å². The van der Waals surface area contributed by atoms with Crippen LogP contribution in [0.2, 0.25) is 0 Å². The first-order valence-corrected chi connectivity index (χ1v) is 12.5. The summed E-state index contributed by atoms with van der Waals surface area (Å²) in [6, 6.07) is 18.3. The third-order valence-corrected chi connectivity index (χ3v) is 6.47. The van der Waals surface area contributed by atoms with Crippen molar-refractivity contribution < 1.29 is 27.3 Å². The minimum atomic E-state index is -4.61. The third kappa shape index (κ3) is 5.85. The van der Waals surface area contributed by atoms with Crippen LogP contribution in [0.1, 0.15) is 23.2 Å². The zero-order chi connectivity index (χ0) is 26.6. The molecule has 0 spiro atoms. The fourth-order valence-electron chi connectivity index (χ4n) is 3.65. The number of azo groups is 1. The molecule has 0 amide bonds. The quantitative estimate of drug-likeness (QED) is 0.105. The molecule has 0 aliphatic rings. The van der Waals surface area contributed by atoms with E-state index >= 15 is 0 Å². The lowest BCUT2D eigenvalue weighted by Crippen LogP contribution is -2.05. The van der Waals surface area contributed by atoms with Crippen molar-refractivity contribution in [2.45, 2.75) is 17.7 Å². The Morgan fingerprint density at radius 2 is 1.73 bits per heavy atom. The predicted molar refractivity (Wildman–Crippen MR) is 138 cm³/mol. The highest BCUT2D eigenvalue weighted by atomic mass is 32.2. The van der Waals surface area contributed by atoms with Gasteiger partial charge in [0.25, 0.3) is 10.1 Å². The molecule has 0 aliphatic heterocycles. The minimum Gasteiger partial charge on any atom is -0.469 e. The van der Waals surface area contributed by atoms with Crippen LogP contribution in [0.25, 0.3) is 22.0 Å². The largest absolute Gasteiger partial charge is 0.469 e. The minimum absolute atomic E-state index is 0.0191. The molecule has 37 heavy (non-hydrogen) atoms. The number of carbonyl (C=O) groups excluding carboxylic acids is 2. The van der Waals surface area contributed by atoms with E-state index in [1.807, 2.05) is 0 Å². The smallest absolute Gasteiger partial charge is 0.305 e. The molecular weight excluding hydrogens is 496 g/mol. The lowest BCUT2D eigenvalue weighted by atomic mass is 10.0. The highest BCUT2D eigenvalue weighted by Gasteiger charge is 2.20. The molecule has 1 heterocycles. The lowest BCUT2D eigenvalue weighted by Gasteiger charge is -2.09. The van der Waals surface area contributed by atoms with Crippen molar-refractivity contribution in [1.82, 2.24) is 4.98 Å². The third-order valence-electron chi connectivity index (χ3n) is 5.60. The van der Waals surface area contributed by atoms with E-state index in [0.29, 0.717) is 27.7 Å². The fraction of sp³-hybridized carbons (Fsp3) is 0.115. The molecule has 1 aromatic heterocycles. The molecule has 0 radical (unpaired) electrons. The van der Waals surface area contributed by atoms with Gasteiger partial charge in [-0.3, -0.25) is 19.1 Å². The van der Waals surface area contributed by atoms with Crippen molar-refractivity contribution in [2.24, 2.45) is 10.2 Å². The van der Waals surface area contributed by atoms with Gasteiger partial charge in [0.15, 0.2) is 5.78 Å². The number of methoxy groups -OCH3 is 1. The van der Waals surface area contributed by atoms with E-state index < -0.39 is 21.0 Å². The summed E-state index contributed by atoms with van der Waals surface area (Å²) in [5.74, 6) is -0.609. The maximum Gasteiger partial charge on any atom is 0.305 e. The van der Waals surface area contributed by atoms with Gasteiger partial charge < -0.3 is 10.5 Å². The number of nitrogens with zero attached hydrogens (tertiary/aromatic N) is 3. The highest BCUT2D eigenvalue weighted by Crippen LogP contribution is 2.38. The number of pyridine rings is 1. The number of rotatable bonds is 8. The summed E-state index contributed by atoms with van der Waals surface area (Å²) in [7, 11) is -3.34. The van der Waals surface area contributed by atoms with Crippen molar-refractivity contribution in [3.05, 3.63) is 78.5 Å². The Labute approximate surface area is 212 Å². The Morgan fingerprint density at radius 3 is 2.38 bits per heavy atom. The van der Waals surface area contributed by atoms with Crippen LogP contribution < -0.4 is 5.73 Å². The molecule has 0 saturated heterocycles. The SMILES string of the molecule is COC(=O)CCC(=O)c1ccc(-c2ccc(N=Nc3c(S(=O)(=O)O)cc4ccccc4c3N)cn2)cc1. The number of esters is 1. The number of ketones is 1. The number of aromatic nitrogens is 1. The Bertz CT molecular complexity index is 1620. The van der Waals surface area contributed by atoms with Crippen molar-refractivity contribution in [1.29, 1.82) is 0 Å². The number of carbonyl (C=O) groups is 2. The van der Waals surface area contributed by atoms with Gasteiger partial charge in [-0.2, -0.15) is 8.42 Å². The number of nitrogen functional groups attached to an aromatic ring is 1.